The number of amides is 1. The molecule has 1 aromatic heterocycles. The highest BCUT2D eigenvalue weighted by Crippen LogP contribution is 2.38. The van der Waals surface area contributed by atoms with Crippen LogP contribution in [0.1, 0.15) is 15.9 Å². The summed E-state index contributed by atoms with van der Waals surface area (Å²) in [5.41, 5.74) is 5.58. The first-order valence-electron chi connectivity index (χ1n) is 8.81. The van der Waals surface area contributed by atoms with Crippen LogP contribution in [0.3, 0.4) is 0 Å². The van der Waals surface area contributed by atoms with E-state index in [4.69, 9.17) is 14.2 Å². The van der Waals surface area contributed by atoms with Gasteiger partial charge in [-0.25, -0.2) is 5.43 Å². The summed E-state index contributed by atoms with van der Waals surface area (Å²) >= 11 is 0. The summed E-state index contributed by atoms with van der Waals surface area (Å²) in [5.74, 6) is 0.811. The number of benzene rings is 2. The average Bonchev–Trinajstić information content (AvgIpc) is 2.78. The van der Waals surface area contributed by atoms with Gasteiger partial charge in [0.2, 0.25) is 5.75 Å². The minimum absolute atomic E-state index is 0.335. The SMILES string of the molecule is COc1cc(C(=O)N/N=C/c2ccc(-c3ccccn3)cc2)cc(OC)c1OC. The topological polar surface area (TPSA) is 82.0 Å². The van der Waals surface area contributed by atoms with Gasteiger partial charge in [0.15, 0.2) is 11.5 Å². The van der Waals surface area contributed by atoms with Gasteiger partial charge in [-0.15, -0.1) is 0 Å². The van der Waals surface area contributed by atoms with Crippen molar-refractivity contribution in [1.82, 2.24) is 10.4 Å². The van der Waals surface area contributed by atoms with Gasteiger partial charge in [0.1, 0.15) is 0 Å². The summed E-state index contributed by atoms with van der Waals surface area (Å²) in [6.45, 7) is 0. The van der Waals surface area contributed by atoms with Crippen LogP contribution in [0.2, 0.25) is 0 Å². The zero-order chi connectivity index (χ0) is 20.6. The standard InChI is InChI=1S/C22H21N3O4/c1-27-19-12-17(13-20(28-2)21(19)29-3)22(26)25-24-14-15-7-9-16(10-8-15)18-6-4-5-11-23-18/h4-14H,1-3H3,(H,25,26)/b24-14+. The summed E-state index contributed by atoms with van der Waals surface area (Å²) in [7, 11) is 4.49. The van der Waals surface area contributed by atoms with E-state index in [9.17, 15) is 4.79 Å². The predicted molar refractivity (Wildman–Crippen MR) is 111 cm³/mol. The number of pyridine rings is 1. The minimum Gasteiger partial charge on any atom is -0.493 e. The molecule has 7 heteroatoms. The molecular formula is C22H21N3O4. The molecule has 7 nitrogen and oxygen atoms in total. The van der Waals surface area contributed by atoms with Crippen LogP contribution in [0, 0.1) is 0 Å². The second-order valence-electron chi connectivity index (χ2n) is 5.95. The Morgan fingerprint density at radius 1 is 0.966 bits per heavy atom. The van der Waals surface area contributed by atoms with Crippen molar-refractivity contribution in [1.29, 1.82) is 0 Å². The number of hydrogen-bond acceptors (Lipinski definition) is 6. The van der Waals surface area contributed by atoms with E-state index >= 15 is 0 Å². The summed E-state index contributed by atoms with van der Waals surface area (Å²) in [6, 6.07) is 16.6. The van der Waals surface area contributed by atoms with Crippen LogP contribution in [0.4, 0.5) is 0 Å². The van der Waals surface area contributed by atoms with Crippen LogP contribution in [-0.2, 0) is 0 Å². The smallest absolute Gasteiger partial charge is 0.271 e. The van der Waals surface area contributed by atoms with E-state index < -0.39 is 5.91 Å². The van der Waals surface area contributed by atoms with E-state index in [0.717, 1.165) is 16.8 Å². The first-order valence-corrected chi connectivity index (χ1v) is 8.81. The Morgan fingerprint density at radius 2 is 1.66 bits per heavy atom. The Morgan fingerprint density at radius 3 is 2.21 bits per heavy atom. The molecule has 0 bridgehead atoms. The molecule has 1 heterocycles. The van der Waals surface area contributed by atoms with Gasteiger partial charge >= 0.3 is 0 Å². The Bertz CT molecular complexity index is 977. The summed E-state index contributed by atoms with van der Waals surface area (Å²) in [4.78, 5) is 16.7. The second-order valence-corrected chi connectivity index (χ2v) is 5.95. The number of ether oxygens (including phenoxy) is 3. The van der Waals surface area contributed by atoms with Crippen molar-refractivity contribution in [3.63, 3.8) is 0 Å². The maximum absolute atomic E-state index is 12.4. The fourth-order valence-electron chi connectivity index (χ4n) is 2.72. The summed E-state index contributed by atoms with van der Waals surface area (Å²) < 4.78 is 15.8. The van der Waals surface area contributed by atoms with Gasteiger partial charge in [-0.3, -0.25) is 9.78 Å². The lowest BCUT2D eigenvalue weighted by Gasteiger charge is -2.13. The molecule has 0 saturated carbocycles. The fourth-order valence-corrected chi connectivity index (χ4v) is 2.72. The van der Waals surface area contributed by atoms with Crippen molar-refractivity contribution < 1.29 is 19.0 Å². The number of hydrazone groups is 1. The van der Waals surface area contributed by atoms with E-state index in [1.165, 1.54) is 21.3 Å². The van der Waals surface area contributed by atoms with E-state index in [1.54, 1.807) is 24.5 Å². The fraction of sp³-hybridized carbons (Fsp3) is 0.136. The molecule has 0 saturated heterocycles. The highest BCUT2D eigenvalue weighted by Gasteiger charge is 2.16. The molecular weight excluding hydrogens is 370 g/mol. The molecule has 3 rings (SSSR count). The molecule has 0 fully saturated rings. The van der Waals surface area contributed by atoms with Crippen molar-refractivity contribution in [2.75, 3.05) is 21.3 Å². The number of carbonyl (C=O) groups excluding carboxylic acids is 1. The normalized spacial score (nSPS) is 10.6. The van der Waals surface area contributed by atoms with Crippen molar-refractivity contribution in [3.8, 4) is 28.5 Å². The lowest BCUT2D eigenvalue weighted by atomic mass is 10.1. The number of aromatic nitrogens is 1. The third-order valence-corrected chi connectivity index (χ3v) is 4.18. The first-order chi connectivity index (χ1) is 14.2. The molecule has 3 aromatic rings. The van der Waals surface area contributed by atoms with Crippen molar-refractivity contribution in [3.05, 3.63) is 71.9 Å². The van der Waals surface area contributed by atoms with E-state index in [2.05, 4.69) is 15.5 Å². The number of nitrogens with zero attached hydrogens (tertiary/aromatic N) is 2. The van der Waals surface area contributed by atoms with Gasteiger partial charge < -0.3 is 14.2 Å². The molecule has 2 aromatic carbocycles. The number of nitrogens with one attached hydrogen (secondary N) is 1. The third kappa shape index (κ3) is 4.70. The summed E-state index contributed by atoms with van der Waals surface area (Å²) in [6.07, 6.45) is 3.32. The molecule has 0 aliphatic heterocycles. The number of rotatable bonds is 7. The molecule has 0 aliphatic rings. The summed E-state index contributed by atoms with van der Waals surface area (Å²) in [5, 5.41) is 4.02. The maximum atomic E-state index is 12.4. The Hall–Kier alpha value is -3.87. The molecule has 0 atom stereocenters. The molecule has 1 amide bonds. The molecule has 0 unspecified atom stereocenters. The lowest BCUT2D eigenvalue weighted by Crippen LogP contribution is -2.18. The molecule has 148 valence electrons. The van der Waals surface area contributed by atoms with E-state index in [-0.39, 0.29) is 0 Å². The van der Waals surface area contributed by atoms with Crippen LogP contribution >= 0.6 is 0 Å². The number of hydrogen-bond donors (Lipinski definition) is 1. The van der Waals surface area contributed by atoms with Crippen molar-refractivity contribution >= 4 is 12.1 Å². The van der Waals surface area contributed by atoms with Gasteiger partial charge in [-0.1, -0.05) is 30.3 Å². The molecule has 29 heavy (non-hydrogen) atoms. The van der Waals surface area contributed by atoms with Crippen LogP contribution in [0.5, 0.6) is 17.2 Å². The van der Waals surface area contributed by atoms with Gasteiger partial charge in [0.25, 0.3) is 5.91 Å². The van der Waals surface area contributed by atoms with Crippen LogP contribution in [-0.4, -0.2) is 38.4 Å². The van der Waals surface area contributed by atoms with Crippen LogP contribution < -0.4 is 19.6 Å². The molecule has 1 N–H and O–H groups in total. The van der Waals surface area contributed by atoms with Gasteiger partial charge in [-0.05, 0) is 29.8 Å². The Labute approximate surface area is 169 Å². The largest absolute Gasteiger partial charge is 0.493 e. The highest BCUT2D eigenvalue weighted by atomic mass is 16.5. The Balaban J connectivity index is 1.69. The number of methoxy groups -OCH3 is 3. The van der Waals surface area contributed by atoms with E-state index in [0.29, 0.717) is 22.8 Å². The second kappa shape index (κ2) is 9.36. The first kappa shape index (κ1) is 19.9. The van der Waals surface area contributed by atoms with Crippen LogP contribution in [0.15, 0.2) is 65.9 Å². The predicted octanol–water partition coefficient (Wildman–Crippen LogP) is 3.54. The molecule has 0 spiro atoms. The zero-order valence-corrected chi connectivity index (χ0v) is 16.4. The Kier molecular flexibility index (Phi) is 6.42. The van der Waals surface area contributed by atoms with Crippen LogP contribution in [0.25, 0.3) is 11.3 Å². The minimum atomic E-state index is -0.398. The average molecular weight is 391 g/mol. The van der Waals surface area contributed by atoms with Gasteiger partial charge in [0, 0.05) is 17.3 Å². The molecule has 0 aliphatic carbocycles. The van der Waals surface area contributed by atoms with E-state index in [1.807, 2.05) is 42.5 Å². The third-order valence-electron chi connectivity index (χ3n) is 4.18. The number of carbonyl (C=O) groups is 1. The quantitative estimate of drug-likeness (QED) is 0.492. The van der Waals surface area contributed by atoms with Crippen molar-refractivity contribution in [2.24, 2.45) is 5.10 Å². The molecule has 0 radical (unpaired) electrons. The maximum Gasteiger partial charge on any atom is 0.271 e. The highest BCUT2D eigenvalue weighted by molar-refractivity contribution is 5.96. The van der Waals surface area contributed by atoms with Gasteiger partial charge in [0.05, 0.1) is 33.2 Å². The van der Waals surface area contributed by atoms with Gasteiger partial charge in [-0.2, -0.15) is 5.10 Å². The monoisotopic (exact) mass is 391 g/mol. The van der Waals surface area contributed by atoms with Crippen molar-refractivity contribution in [2.45, 2.75) is 0 Å². The lowest BCUT2D eigenvalue weighted by molar-refractivity contribution is 0.0954. The zero-order valence-electron chi connectivity index (χ0n) is 16.4.